The number of ether oxygens (including phenoxy) is 3. The average molecular weight is 255 g/mol. The van der Waals surface area contributed by atoms with Crippen molar-refractivity contribution in [2.24, 2.45) is 0 Å². The molecule has 0 aromatic carbocycles. The molecule has 0 saturated heterocycles. The highest BCUT2D eigenvalue weighted by Crippen LogP contribution is 2.17. The summed E-state index contributed by atoms with van der Waals surface area (Å²) in [4.78, 5) is 8.40. The van der Waals surface area contributed by atoms with Crippen LogP contribution in [0.2, 0.25) is 0 Å². The lowest BCUT2D eigenvalue weighted by Gasteiger charge is -2.16. The molecule has 0 amide bonds. The van der Waals surface area contributed by atoms with Crippen LogP contribution in [0.1, 0.15) is 25.7 Å². The van der Waals surface area contributed by atoms with Gasteiger partial charge >= 0.3 is 0 Å². The fraction of sp³-hybridized carbons (Fsp3) is 0.667. The van der Waals surface area contributed by atoms with Crippen LogP contribution < -0.4 is 5.32 Å². The molecule has 0 atom stereocenters. The number of methoxy groups -OCH3 is 1. The number of rotatable bonds is 9. The van der Waals surface area contributed by atoms with Gasteiger partial charge < -0.3 is 19.5 Å². The second-order valence-electron chi connectivity index (χ2n) is 3.50. The SMILES string of the molecule is CCOC(OCC)c1cnc(NCCOC)nc1. The Bertz CT molecular complexity index is 313. The minimum Gasteiger partial charge on any atom is -0.383 e. The van der Waals surface area contributed by atoms with Crippen molar-refractivity contribution < 1.29 is 14.2 Å². The summed E-state index contributed by atoms with van der Waals surface area (Å²) in [6, 6.07) is 0. The van der Waals surface area contributed by atoms with Gasteiger partial charge in [-0.3, -0.25) is 0 Å². The Balaban J connectivity index is 2.56. The standard InChI is InChI=1S/C12H21N3O3/c1-4-17-11(18-5-2)10-8-14-12(15-9-10)13-6-7-16-3/h8-9,11H,4-7H2,1-3H3,(H,13,14,15). The fourth-order valence-corrected chi connectivity index (χ4v) is 1.36. The van der Waals surface area contributed by atoms with Gasteiger partial charge in [-0.1, -0.05) is 0 Å². The molecule has 0 aliphatic rings. The highest BCUT2D eigenvalue weighted by atomic mass is 16.7. The van der Waals surface area contributed by atoms with Crippen molar-refractivity contribution in [3.63, 3.8) is 0 Å². The van der Waals surface area contributed by atoms with Gasteiger partial charge in [0.2, 0.25) is 5.95 Å². The van der Waals surface area contributed by atoms with Crippen LogP contribution in [0.5, 0.6) is 0 Å². The highest BCUT2D eigenvalue weighted by molar-refractivity contribution is 5.24. The van der Waals surface area contributed by atoms with Gasteiger partial charge in [-0.25, -0.2) is 9.97 Å². The molecule has 0 fully saturated rings. The Morgan fingerprint density at radius 3 is 2.28 bits per heavy atom. The number of hydrogen-bond donors (Lipinski definition) is 1. The van der Waals surface area contributed by atoms with E-state index >= 15 is 0 Å². The molecule has 1 heterocycles. The molecule has 1 N–H and O–H groups in total. The zero-order valence-corrected chi connectivity index (χ0v) is 11.2. The first-order valence-electron chi connectivity index (χ1n) is 6.09. The molecule has 0 aliphatic heterocycles. The van der Waals surface area contributed by atoms with Gasteiger partial charge in [0.1, 0.15) is 0 Å². The molecular weight excluding hydrogens is 234 g/mol. The van der Waals surface area contributed by atoms with Crippen molar-refractivity contribution in [2.75, 3.05) is 38.8 Å². The summed E-state index contributed by atoms with van der Waals surface area (Å²) in [6.07, 6.45) is 3.02. The van der Waals surface area contributed by atoms with Crippen LogP contribution >= 0.6 is 0 Å². The Hall–Kier alpha value is -1.24. The number of nitrogens with one attached hydrogen (secondary N) is 1. The van der Waals surface area contributed by atoms with E-state index in [1.54, 1.807) is 19.5 Å². The van der Waals surface area contributed by atoms with Gasteiger partial charge in [0.25, 0.3) is 0 Å². The molecule has 1 rings (SSSR count). The van der Waals surface area contributed by atoms with Crippen LogP contribution in [-0.4, -0.2) is 43.4 Å². The number of aromatic nitrogens is 2. The zero-order chi connectivity index (χ0) is 13.2. The van der Waals surface area contributed by atoms with Crippen molar-refractivity contribution >= 4 is 5.95 Å². The molecular formula is C12H21N3O3. The van der Waals surface area contributed by atoms with Gasteiger partial charge in [-0.2, -0.15) is 0 Å². The summed E-state index contributed by atoms with van der Waals surface area (Å²) in [5.74, 6) is 0.572. The summed E-state index contributed by atoms with van der Waals surface area (Å²) < 4.78 is 15.9. The lowest BCUT2D eigenvalue weighted by atomic mass is 10.3. The van der Waals surface area contributed by atoms with Gasteiger partial charge in [0.15, 0.2) is 6.29 Å². The van der Waals surface area contributed by atoms with E-state index < -0.39 is 6.29 Å². The van der Waals surface area contributed by atoms with E-state index in [1.165, 1.54) is 0 Å². The smallest absolute Gasteiger partial charge is 0.222 e. The largest absolute Gasteiger partial charge is 0.383 e. The number of anilines is 1. The maximum atomic E-state index is 5.46. The molecule has 18 heavy (non-hydrogen) atoms. The monoisotopic (exact) mass is 255 g/mol. The van der Waals surface area contributed by atoms with Crippen LogP contribution in [0.15, 0.2) is 12.4 Å². The van der Waals surface area contributed by atoms with E-state index in [0.717, 1.165) is 5.56 Å². The van der Waals surface area contributed by atoms with E-state index in [0.29, 0.717) is 32.3 Å². The Morgan fingerprint density at radius 1 is 1.17 bits per heavy atom. The molecule has 1 aromatic rings. The van der Waals surface area contributed by atoms with Gasteiger partial charge in [0, 0.05) is 44.8 Å². The van der Waals surface area contributed by atoms with E-state index in [4.69, 9.17) is 14.2 Å². The van der Waals surface area contributed by atoms with Crippen LogP contribution in [-0.2, 0) is 14.2 Å². The van der Waals surface area contributed by atoms with Crippen molar-refractivity contribution in [3.05, 3.63) is 18.0 Å². The Morgan fingerprint density at radius 2 is 1.78 bits per heavy atom. The van der Waals surface area contributed by atoms with E-state index in [1.807, 2.05) is 13.8 Å². The second-order valence-corrected chi connectivity index (χ2v) is 3.50. The normalized spacial score (nSPS) is 10.9. The molecule has 1 aromatic heterocycles. The third-order valence-electron chi connectivity index (χ3n) is 2.17. The van der Waals surface area contributed by atoms with Crippen molar-refractivity contribution in [1.82, 2.24) is 9.97 Å². The first-order valence-corrected chi connectivity index (χ1v) is 6.09. The highest BCUT2D eigenvalue weighted by Gasteiger charge is 2.12. The maximum Gasteiger partial charge on any atom is 0.222 e. The van der Waals surface area contributed by atoms with Crippen molar-refractivity contribution in [2.45, 2.75) is 20.1 Å². The van der Waals surface area contributed by atoms with Crippen LogP contribution in [0.25, 0.3) is 0 Å². The third-order valence-corrected chi connectivity index (χ3v) is 2.17. The van der Waals surface area contributed by atoms with Crippen molar-refractivity contribution in [3.8, 4) is 0 Å². The quantitative estimate of drug-likeness (QED) is 0.534. The summed E-state index contributed by atoms with van der Waals surface area (Å²) in [5.41, 5.74) is 0.816. The Kier molecular flexibility index (Phi) is 7.24. The van der Waals surface area contributed by atoms with Crippen LogP contribution in [0, 0.1) is 0 Å². The zero-order valence-electron chi connectivity index (χ0n) is 11.2. The molecule has 6 nitrogen and oxygen atoms in total. The topological polar surface area (TPSA) is 65.5 Å². The predicted octanol–water partition coefficient (Wildman–Crippen LogP) is 1.61. The lowest BCUT2D eigenvalue weighted by molar-refractivity contribution is -0.140. The minimum absolute atomic E-state index is 0.395. The van der Waals surface area contributed by atoms with E-state index in [-0.39, 0.29) is 0 Å². The summed E-state index contributed by atoms with van der Waals surface area (Å²) >= 11 is 0. The summed E-state index contributed by atoms with van der Waals surface area (Å²) in [5, 5.41) is 3.05. The summed E-state index contributed by atoms with van der Waals surface area (Å²) in [7, 11) is 1.65. The average Bonchev–Trinajstić information content (AvgIpc) is 2.40. The number of hydrogen-bond acceptors (Lipinski definition) is 6. The summed E-state index contributed by atoms with van der Waals surface area (Å²) in [6.45, 7) is 6.31. The molecule has 0 bridgehead atoms. The van der Waals surface area contributed by atoms with E-state index in [9.17, 15) is 0 Å². The molecule has 6 heteroatoms. The second kappa shape index (κ2) is 8.79. The van der Waals surface area contributed by atoms with Gasteiger partial charge in [0.05, 0.1) is 6.61 Å². The minimum atomic E-state index is -0.395. The first-order chi connectivity index (χ1) is 8.81. The lowest BCUT2D eigenvalue weighted by Crippen LogP contribution is -2.12. The van der Waals surface area contributed by atoms with Crippen LogP contribution in [0.3, 0.4) is 0 Å². The third kappa shape index (κ3) is 4.95. The fourth-order valence-electron chi connectivity index (χ4n) is 1.36. The number of nitrogens with zero attached hydrogens (tertiary/aromatic N) is 2. The predicted molar refractivity (Wildman–Crippen MR) is 68.4 cm³/mol. The molecule has 0 aliphatic carbocycles. The molecule has 102 valence electrons. The van der Waals surface area contributed by atoms with Gasteiger partial charge in [-0.05, 0) is 13.8 Å². The molecule has 0 radical (unpaired) electrons. The molecule has 0 unspecified atom stereocenters. The Labute approximate surface area is 108 Å². The first kappa shape index (κ1) is 14.8. The maximum absolute atomic E-state index is 5.46. The molecule has 0 saturated carbocycles. The van der Waals surface area contributed by atoms with Crippen molar-refractivity contribution in [1.29, 1.82) is 0 Å². The van der Waals surface area contributed by atoms with Gasteiger partial charge in [-0.15, -0.1) is 0 Å². The van der Waals surface area contributed by atoms with E-state index in [2.05, 4.69) is 15.3 Å². The molecule has 0 spiro atoms. The van der Waals surface area contributed by atoms with Crippen LogP contribution in [0.4, 0.5) is 5.95 Å².